The summed E-state index contributed by atoms with van der Waals surface area (Å²) in [4.78, 5) is 11.4. The Balaban J connectivity index is 2.07. The lowest BCUT2D eigenvalue weighted by molar-refractivity contribution is 0.0978. The van der Waals surface area contributed by atoms with Crippen LogP contribution in [0.1, 0.15) is 10.4 Å². The average molecular weight is 276 g/mol. The highest BCUT2D eigenvalue weighted by atomic mass is 35.5. The van der Waals surface area contributed by atoms with Crippen molar-refractivity contribution in [3.8, 4) is 0 Å². The summed E-state index contributed by atoms with van der Waals surface area (Å²) in [6.45, 7) is 0. The number of hydrazone groups is 1. The van der Waals surface area contributed by atoms with E-state index in [-0.39, 0.29) is 10.7 Å². The van der Waals surface area contributed by atoms with Crippen molar-refractivity contribution in [3.05, 3.63) is 34.9 Å². The number of benzene rings is 1. The van der Waals surface area contributed by atoms with Crippen LogP contribution < -0.4 is 10.7 Å². The number of alkyl halides is 1. The highest BCUT2D eigenvalue weighted by molar-refractivity contribution is 8.15. The molecule has 7 heteroatoms. The number of halogens is 2. The number of amidine groups is 1. The van der Waals surface area contributed by atoms with E-state index in [4.69, 9.17) is 23.2 Å². The van der Waals surface area contributed by atoms with Gasteiger partial charge in [-0.3, -0.25) is 15.5 Å². The Hall–Kier alpha value is -0.910. The molecule has 84 valence electrons. The molecule has 0 fully saturated rings. The minimum Gasteiger partial charge on any atom is -0.300 e. The van der Waals surface area contributed by atoms with Gasteiger partial charge in [-0.15, -0.1) is 0 Å². The summed E-state index contributed by atoms with van der Waals surface area (Å²) in [7, 11) is 0. The molecule has 1 heterocycles. The fourth-order valence-electron chi connectivity index (χ4n) is 1.13. The number of hydrogen-bond acceptors (Lipinski definition) is 4. The van der Waals surface area contributed by atoms with Crippen LogP contribution in [0.3, 0.4) is 0 Å². The van der Waals surface area contributed by atoms with Crippen LogP contribution in [0.25, 0.3) is 0 Å². The van der Waals surface area contributed by atoms with Crippen molar-refractivity contribution < 1.29 is 4.79 Å². The van der Waals surface area contributed by atoms with Crippen molar-refractivity contribution in [2.45, 2.75) is 4.83 Å². The molecule has 0 spiro atoms. The molecule has 1 aromatic carbocycles. The van der Waals surface area contributed by atoms with Crippen molar-refractivity contribution >= 4 is 46.0 Å². The number of rotatable bonds is 1. The van der Waals surface area contributed by atoms with Crippen molar-refractivity contribution in [2.24, 2.45) is 5.10 Å². The maximum absolute atomic E-state index is 11.8. The van der Waals surface area contributed by atoms with Crippen molar-refractivity contribution in [2.75, 3.05) is 0 Å². The molecule has 1 amide bonds. The second kappa shape index (κ2) is 4.95. The third-order valence-corrected chi connectivity index (χ3v) is 3.25. The first-order chi connectivity index (χ1) is 7.66. The predicted octanol–water partition coefficient (Wildman–Crippen LogP) is 2.20. The maximum Gasteiger partial charge on any atom is 0.258 e. The van der Waals surface area contributed by atoms with Gasteiger partial charge < -0.3 is 0 Å². The Morgan fingerprint density at radius 1 is 1.50 bits per heavy atom. The summed E-state index contributed by atoms with van der Waals surface area (Å²) < 4.78 is 0. The minimum absolute atomic E-state index is 0.301. The van der Waals surface area contributed by atoms with Gasteiger partial charge in [-0.2, -0.15) is 5.10 Å². The second-order valence-electron chi connectivity index (χ2n) is 2.91. The first-order valence-electron chi connectivity index (χ1n) is 4.36. The number of carbonyl (C=O) groups is 1. The normalized spacial score (nSPS) is 18.9. The molecule has 1 unspecified atom stereocenters. The number of amides is 1. The van der Waals surface area contributed by atoms with Gasteiger partial charge in [0.25, 0.3) is 5.91 Å². The molecule has 4 nitrogen and oxygen atoms in total. The lowest BCUT2D eigenvalue weighted by Crippen LogP contribution is -2.27. The summed E-state index contributed by atoms with van der Waals surface area (Å²) in [5.41, 5.74) is 3.02. The summed E-state index contributed by atoms with van der Waals surface area (Å²) in [6, 6.07) is 6.80. The van der Waals surface area contributed by atoms with Crippen LogP contribution in [0.15, 0.2) is 29.4 Å². The van der Waals surface area contributed by atoms with Gasteiger partial charge in [0.1, 0.15) is 0 Å². The predicted molar refractivity (Wildman–Crippen MR) is 66.7 cm³/mol. The van der Waals surface area contributed by atoms with E-state index in [2.05, 4.69) is 15.8 Å². The van der Waals surface area contributed by atoms with E-state index in [1.165, 1.54) is 11.8 Å². The van der Waals surface area contributed by atoms with E-state index in [9.17, 15) is 4.79 Å². The Morgan fingerprint density at radius 3 is 2.88 bits per heavy atom. The van der Waals surface area contributed by atoms with Crippen LogP contribution in [-0.2, 0) is 0 Å². The van der Waals surface area contributed by atoms with Crippen LogP contribution in [0.4, 0.5) is 0 Å². The first kappa shape index (κ1) is 11.6. The van der Waals surface area contributed by atoms with Gasteiger partial charge in [0, 0.05) is 0 Å². The van der Waals surface area contributed by atoms with E-state index >= 15 is 0 Å². The van der Waals surface area contributed by atoms with E-state index in [0.29, 0.717) is 15.8 Å². The van der Waals surface area contributed by atoms with Crippen molar-refractivity contribution in [3.63, 3.8) is 0 Å². The fourth-order valence-corrected chi connectivity index (χ4v) is 2.21. The number of nitrogens with zero attached hydrogens (tertiary/aromatic N) is 1. The van der Waals surface area contributed by atoms with Gasteiger partial charge in [-0.05, 0) is 23.9 Å². The highest BCUT2D eigenvalue weighted by Crippen LogP contribution is 2.20. The zero-order valence-electron chi connectivity index (χ0n) is 7.91. The monoisotopic (exact) mass is 275 g/mol. The molecule has 1 aliphatic rings. The van der Waals surface area contributed by atoms with Crippen LogP contribution in [0.5, 0.6) is 0 Å². The molecule has 1 atom stereocenters. The smallest absolute Gasteiger partial charge is 0.258 e. The summed E-state index contributed by atoms with van der Waals surface area (Å²) in [5.74, 6) is -0.301. The van der Waals surface area contributed by atoms with Crippen molar-refractivity contribution in [1.82, 2.24) is 10.7 Å². The molecule has 2 N–H and O–H groups in total. The third kappa shape index (κ3) is 2.61. The van der Waals surface area contributed by atoms with E-state index in [1.54, 1.807) is 24.3 Å². The van der Waals surface area contributed by atoms with Gasteiger partial charge in [-0.1, -0.05) is 35.3 Å². The summed E-state index contributed by atoms with van der Waals surface area (Å²) in [6.07, 6.45) is 0. The van der Waals surface area contributed by atoms with E-state index in [0.717, 1.165) is 0 Å². The molecule has 16 heavy (non-hydrogen) atoms. The molecule has 0 saturated heterocycles. The van der Waals surface area contributed by atoms with Gasteiger partial charge in [-0.25, -0.2) is 0 Å². The van der Waals surface area contributed by atoms with E-state index in [1.807, 2.05) is 0 Å². The van der Waals surface area contributed by atoms with Crippen LogP contribution in [-0.4, -0.2) is 15.9 Å². The summed E-state index contributed by atoms with van der Waals surface area (Å²) in [5, 5.41) is 7.28. The molecule has 1 aromatic rings. The van der Waals surface area contributed by atoms with Crippen LogP contribution >= 0.6 is 35.0 Å². The zero-order valence-corrected chi connectivity index (χ0v) is 10.2. The molecule has 0 aliphatic carbocycles. The molecular weight excluding hydrogens is 269 g/mol. The Kier molecular flexibility index (Phi) is 3.58. The van der Waals surface area contributed by atoms with Gasteiger partial charge in [0.15, 0.2) is 10.0 Å². The number of thioether (sulfide) groups is 1. The minimum atomic E-state index is -0.346. The van der Waals surface area contributed by atoms with Crippen LogP contribution in [0, 0.1) is 0 Å². The Bertz CT molecular complexity index is 452. The second-order valence-corrected chi connectivity index (χ2v) is 5.11. The number of carbonyl (C=O) groups excluding carboxylic acids is 1. The van der Waals surface area contributed by atoms with E-state index < -0.39 is 0 Å². The molecule has 2 rings (SSSR count). The fraction of sp³-hybridized carbons (Fsp3) is 0.111. The molecule has 0 bridgehead atoms. The number of nitrogens with one attached hydrogen (secondary N) is 2. The molecule has 0 aromatic heterocycles. The Labute approximate surface area is 106 Å². The topological polar surface area (TPSA) is 53.5 Å². The first-order valence-corrected chi connectivity index (χ1v) is 6.06. The van der Waals surface area contributed by atoms with Crippen LogP contribution in [0.2, 0.25) is 5.02 Å². The maximum atomic E-state index is 11.8. The molecule has 0 saturated carbocycles. The molecule has 0 radical (unpaired) electrons. The lowest BCUT2D eigenvalue weighted by atomic mass is 10.2. The average Bonchev–Trinajstić information content (AvgIpc) is 2.64. The summed E-state index contributed by atoms with van der Waals surface area (Å²) >= 11 is 12.8. The number of hydrogen-bond donors (Lipinski definition) is 2. The molecule has 1 aliphatic heterocycles. The standard InChI is InChI=1S/C9H7Cl2N3OS/c10-6-4-2-1-3-5(6)7(15)12-9-14-13-8(11)16-9/h1-4,8,13H,(H,12,14,15). The lowest BCUT2D eigenvalue weighted by Gasteiger charge is -2.04. The molecular formula is C9H7Cl2N3OS. The van der Waals surface area contributed by atoms with Gasteiger partial charge in [0.05, 0.1) is 10.6 Å². The highest BCUT2D eigenvalue weighted by Gasteiger charge is 2.19. The van der Waals surface area contributed by atoms with Gasteiger partial charge >= 0.3 is 0 Å². The van der Waals surface area contributed by atoms with Crippen molar-refractivity contribution in [1.29, 1.82) is 0 Å². The van der Waals surface area contributed by atoms with Gasteiger partial charge in [0.2, 0.25) is 0 Å². The Morgan fingerprint density at radius 2 is 2.25 bits per heavy atom. The quantitative estimate of drug-likeness (QED) is 0.610. The SMILES string of the molecule is O=C(NC1=NNC(Cl)S1)c1ccccc1Cl. The third-order valence-electron chi connectivity index (χ3n) is 1.82. The zero-order chi connectivity index (χ0) is 11.5. The largest absolute Gasteiger partial charge is 0.300 e.